The molecule has 2 heterocycles. The summed E-state index contributed by atoms with van der Waals surface area (Å²) in [7, 11) is 1.62. The summed E-state index contributed by atoms with van der Waals surface area (Å²) in [5.41, 5.74) is 2.53. The summed E-state index contributed by atoms with van der Waals surface area (Å²) >= 11 is 14.1. The summed E-state index contributed by atoms with van der Waals surface area (Å²) in [6.45, 7) is 1.45. The Balaban J connectivity index is 1.61. The van der Waals surface area contributed by atoms with Crippen LogP contribution in [0.2, 0.25) is 10.0 Å². The van der Waals surface area contributed by atoms with Crippen LogP contribution in [0.25, 0.3) is 0 Å². The van der Waals surface area contributed by atoms with E-state index in [4.69, 9.17) is 27.9 Å². The van der Waals surface area contributed by atoms with Crippen molar-refractivity contribution in [1.82, 2.24) is 9.80 Å². The molecule has 0 radical (unpaired) electrons. The molecule has 0 saturated heterocycles. The normalized spacial score (nSPS) is 15.1. The first kappa shape index (κ1) is 24.7. The number of ether oxygens (including phenoxy) is 1. The van der Waals surface area contributed by atoms with Gasteiger partial charge in [-0.15, -0.1) is 11.3 Å². The summed E-state index contributed by atoms with van der Waals surface area (Å²) in [6.07, 6.45) is 1.42. The van der Waals surface area contributed by atoms with Crippen LogP contribution in [0.5, 0.6) is 0 Å². The Bertz CT molecular complexity index is 1150. The van der Waals surface area contributed by atoms with Gasteiger partial charge in [-0.3, -0.25) is 9.59 Å². The molecule has 0 bridgehead atoms. The third-order valence-corrected chi connectivity index (χ3v) is 7.54. The minimum atomic E-state index is -0.258. The van der Waals surface area contributed by atoms with E-state index in [2.05, 4.69) is 11.4 Å². The molecule has 1 aliphatic heterocycles. The van der Waals surface area contributed by atoms with E-state index >= 15 is 0 Å². The van der Waals surface area contributed by atoms with Gasteiger partial charge in [0.2, 0.25) is 5.91 Å². The molecule has 2 aromatic carbocycles. The van der Waals surface area contributed by atoms with E-state index in [1.807, 2.05) is 29.2 Å². The van der Waals surface area contributed by atoms with Crippen LogP contribution >= 0.6 is 34.5 Å². The number of hydrogen-bond acceptors (Lipinski definition) is 4. The van der Waals surface area contributed by atoms with Crippen molar-refractivity contribution in [3.63, 3.8) is 0 Å². The maximum absolute atomic E-state index is 13.7. The summed E-state index contributed by atoms with van der Waals surface area (Å²) in [5.74, 6) is -0.360. The first-order valence-corrected chi connectivity index (χ1v) is 12.8. The van der Waals surface area contributed by atoms with Gasteiger partial charge in [0, 0.05) is 36.7 Å². The molecule has 34 heavy (non-hydrogen) atoms. The summed E-state index contributed by atoms with van der Waals surface area (Å²) < 4.78 is 5.17. The fourth-order valence-electron chi connectivity index (χ4n) is 4.30. The van der Waals surface area contributed by atoms with Gasteiger partial charge in [-0.1, -0.05) is 47.5 Å². The lowest BCUT2D eigenvalue weighted by molar-refractivity contribution is -0.134. The number of hydrogen-bond donors (Lipinski definition) is 0. The maximum Gasteiger partial charge on any atom is 0.255 e. The monoisotopic (exact) mass is 516 g/mol. The second-order valence-corrected chi connectivity index (χ2v) is 9.99. The highest BCUT2D eigenvalue weighted by Crippen LogP contribution is 2.38. The van der Waals surface area contributed by atoms with Crippen molar-refractivity contribution in [3.8, 4) is 0 Å². The quantitative estimate of drug-likeness (QED) is 0.360. The van der Waals surface area contributed by atoms with Crippen LogP contribution in [0.1, 0.15) is 38.8 Å². The zero-order chi connectivity index (χ0) is 24.1. The van der Waals surface area contributed by atoms with Crippen LogP contribution < -0.4 is 0 Å². The fraction of sp³-hybridized carbons (Fsp3) is 0.308. The van der Waals surface area contributed by atoms with Crippen molar-refractivity contribution in [2.45, 2.75) is 18.9 Å². The number of fused-ring (bicyclic) bond motifs is 1. The highest BCUT2D eigenvalue weighted by atomic mass is 35.5. The fourth-order valence-corrected chi connectivity index (χ4v) is 5.55. The average molecular weight is 517 g/mol. The predicted molar refractivity (Wildman–Crippen MR) is 137 cm³/mol. The second kappa shape index (κ2) is 11.4. The number of thiophene rings is 1. The van der Waals surface area contributed by atoms with E-state index < -0.39 is 0 Å². The summed E-state index contributed by atoms with van der Waals surface area (Å²) in [6, 6.07) is 16.4. The lowest BCUT2D eigenvalue weighted by Crippen LogP contribution is -2.47. The molecule has 0 aliphatic carbocycles. The Labute approximate surface area is 213 Å². The summed E-state index contributed by atoms with van der Waals surface area (Å²) in [5, 5.41) is 3.09. The van der Waals surface area contributed by atoms with Crippen LogP contribution in [-0.2, 0) is 16.0 Å². The van der Waals surface area contributed by atoms with Crippen molar-refractivity contribution in [2.75, 3.05) is 33.4 Å². The van der Waals surface area contributed by atoms with Gasteiger partial charge in [0.05, 0.1) is 16.6 Å². The van der Waals surface area contributed by atoms with E-state index in [0.717, 1.165) is 17.5 Å². The number of benzene rings is 2. The molecule has 8 heteroatoms. The topological polar surface area (TPSA) is 49.9 Å². The average Bonchev–Trinajstić information content (AvgIpc) is 3.32. The molecular formula is C26H26Cl2N2O3S. The zero-order valence-corrected chi connectivity index (χ0v) is 21.2. The third kappa shape index (κ3) is 5.47. The molecule has 0 fully saturated rings. The van der Waals surface area contributed by atoms with E-state index in [0.29, 0.717) is 41.7 Å². The number of carbonyl (C=O) groups excluding carboxylic acids is 2. The molecule has 0 saturated carbocycles. The minimum absolute atomic E-state index is 0.0304. The number of methoxy groups -OCH3 is 1. The third-order valence-electron chi connectivity index (χ3n) is 5.97. The minimum Gasteiger partial charge on any atom is -0.385 e. The van der Waals surface area contributed by atoms with Gasteiger partial charge in [-0.25, -0.2) is 0 Å². The van der Waals surface area contributed by atoms with E-state index in [-0.39, 0.29) is 24.4 Å². The van der Waals surface area contributed by atoms with Crippen LogP contribution in [0.15, 0.2) is 60.0 Å². The molecule has 3 aromatic rings. The van der Waals surface area contributed by atoms with E-state index in [1.54, 1.807) is 47.6 Å². The van der Waals surface area contributed by atoms with Crippen molar-refractivity contribution >= 4 is 46.4 Å². The maximum atomic E-state index is 13.7. The van der Waals surface area contributed by atoms with Gasteiger partial charge in [0.15, 0.2) is 0 Å². The van der Waals surface area contributed by atoms with Gasteiger partial charge < -0.3 is 14.5 Å². The highest BCUT2D eigenvalue weighted by molar-refractivity contribution is 7.10. The Kier molecular flexibility index (Phi) is 8.27. The van der Waals surface area contributed by atoms with Crippen LogP contribution in [-0.4, -0.2) is 55.0 Å². The molecule has 1 atom stereocenters. The SMILES string of the molecule is COCCCN(CC(=O)N1CCc2sccc2C1c1ccc(Cl)cc1)C(=O)c1ccccc1Cl. The largest absolute Gasteiger partial charge is 0.385 e. The van der Waals surface area contributed by atoms with E-state index in [1.165, 1.54) is 4.88 Å². The Morgan fingerprint density at radius 1 is 1.12 bits per heavy atom. The highest BCUT2D eigenvalue weighted by Gasteiger charge is 2.34. The van der Waals surface area contributed by atoms with Crippen LogP contribution in [0.3, 0.4) is 0 Å². The van der Waals surface area contributed by atoms with Crippen LogP contribution in [0, 0.1) is 0 Å². The molecule has 0 N–H and O–H groups in total. The number of carbonyl (C=O) groups is 2. The molecule has 5 nitrogen and oxygen atoms in total. The first-order valence-electron chi connectivity index (χ1n) is 11.1. The standard InChI is InChI=1S/C26H26Cl2N2O3S/c1-33-15-4-13-29(26(32)20-5-2-3-6-22(20)28)17-24(31)30-14-11-23-21(12-16-34-23)25(30)18-7-9-19(27)10-8-18/h2-3,5-10,12,16,25H,4,11,13-15,17H2,1H3. The second-order valence-electron chi connectivity index (χ2n) is 8.14. The smallest absolute Gasteiger partial charge is 0.255 e. The van der Waals surface area contributed by atoms with Crippen molar-refractivity contribution < 1.29 is 14.3 Å². The molecule has 1 aliphatic rings. The first-order chi connectivity index (χ1) is 16.5. The van der Waals surface area contributed by atoms with Crippen molar-refractivity contribution in [1.29, 1.82) is 0 Å². The molecule has 1 unspecified atom stereocenters. The summed E-state index contributed by atoms with van der Waals surface area (Å²) in [4.78, 5) is 31.8. The van der Waals surface area contributed by atoms with Gasteiger partial charge in [-0.2, -0.15) is 0 Å². The number of halogens is 2. The lowest BCUT2D eigenvalue weighted by Gasteiger charge is -2.37. The van der Waals surface area contributed by atoms with Gasteiger partial charge >= 0.3 is 0 Å². The lowest BCUT2D eigenvalue weighted by atomic mass is 9.93. The molecule has 2 amide bonds. The van der Waals surface area contributed by atoms with Crippen LogP contribution in [0.4, 0.5) is 0 Å². The van der Waals surface area contributed by atoms with Crippen molar-refractivity contribution in [3.05, 3.63) is 91.6 Å². The molecule has 4 rings (SSSR count). The molecule has 178 valence electrons. The Morgan fingerprint density at radius 3 is 2.62 bits per heavy atom. The number of rotatable bonds is 8. The van der Waals surface area contributed by atoms with Gasteiger partial charge in [0.25, 0.3) is 5.91 Å². The van der Waals surface area contributed by atoms with Gasteiger partial charge in [0.1, 0.15) is 6.54 Å². The zero-order valence-electron chi connectivity index (χ0n) is 18.9. The number of amides is 2. The van der Waals surface area contributed by atoms with Gasteiger partial charge in [-0.05, 0) is 59.7 Å². The number of nitrogens with zero attached hydrogens (tertiary/aromatic N) is 2. The molecule has 0 spiro atoms. The van der Waals surface area contributed by atoms with E-state index in [9.17, 15) is 9.59 Å². The van der Waals surface area contributed by atoms with Crippen molar-refractivity contribution in [2.24, 2.45) is 0 Å². The molecular weight excluding hydrogens is 491 g/mol. The Hall–Kier alpha value is -2.38. The molecule has 1 aromatic heterocycles. The predicted octanol–water partition coefficient (Wildman–Crippen LogP) is 5.71. The Morgan fingerprint density at radius 2 is 1.88 bits per heavy atom.